The van der Waals surface area contributed by atoms with Gasteiger partial charge in [0.2, 0.25) is 0 Å². The molecule has 1 aliphatic heterocycles. The van der Waals surface area contributed by atoms with Crippen molar-refractivity contribution in [2.75, 3.05) is 46.4 Å². The normalized spacial score (nSPS) is 21.2. The predicted molar refractivity (Wildman–Crippen MR) is 68.7 cm³/mol. The molecule has 0 bridgehead atoms. The summed E-state index contributed by atoms with van der Waals surface area (Å²) >= 11 is 0. The van der Waals surface area contributed by atoms with E-state index in [0.717, 1.165) is 0 Å². The number of rotatable bonds is 7. The van der Waals surface area contributed by atoms with Crippen LogP contribution in [0.15, 0.2) is 0 Å². The fourth-order valence-electron chi connectivity index (χ4n) is 2.26. The molecule has 0 aromatic carbocycles. The second-order valence-corrected chi connectivity index (χ2v) is 5.12. The van der Waals surface area contributed by atoms with Crippen molar-refractivity contribution < 1.29 is 5.11 Å². The molecule has 1 saturated heterocycles. The van der Waals surface area contributed by atoms with Crippen LogP contribution < -0.4 is 0 Å². The molecular weight excluding hydrogens is 200 g/mol. The van der Waals surface area contributed by atoms with Crippen LogP contribution in [0.1, 0.15) is 32.6 Å². The largest absolute Gasteiger partial charge is 0.396 e. The summed E-state index contributed by atoms with van der Waals surface area (Å²) in [5, 5.41) is 9.30. The standard InChI is InChI=1S/C13H28N2O/c1-3-4-5-13(12-16)6-7-15-10-8-14(2)9-11-15/h13,16H,3-12H2,1-2H3/t13-/m0/s1. The predicted octanol–water partition coefficient (Wildman–Crippen LogP) is 1.42. The first-order valence-corrected chi connectivity index (χ1v) is 6.78. The van der Waals surface area contributed by atoms with Crippen molar-refractivity contribution in [1.29, 1.82) is 0 Å². The Bertz CT molecular complexity index is 163. The molecule has 0 aliphatic carbocycles. The highest BCUT2D eigenvalue weighted by atomic mass is 16.3. The maximum Gasteiger partial charge on any atom is 0.0459 e. The van der Waals surface area contributed by atoms with Crippen LogP contribution in [0.25, 0.3) is 0 Å². The Kier molecular flexibility index (Phi) is 7.01. The van der Waals surface area contributed by atoms with E-state index in [9.17, 15) is 5.11 Å². The molecule has 0 aromatic rings. The molecule has 1 heterocycles. The van der Waals surface area contributed by atoms with Gasteiger partial charge in [0.25, 0.3) is 0 Å². The topological polar surface area (TPSA) is 26.7 Å². The lowest BCUT2D eigenvalue weighted by atomic mass is 9.99. The highest BCUT2D eigenvalue weighted by Crippen LogP contribution is 2.13. The van der Waals surface area contributed by atoms with Gasteiger partial charge in [-0.25, -0.2) is 0 Å². The zero-order valence-electron chi connectivity index (χ0n) is 11.0. The van der Waals surface area contributed by atoms with Crippen LogP contribution in [-0.4, -0.2) is 61.3 Å². The molecule has 0 saturated carbocycles. The van der Waals surface area contributed by atoms with E-state index >= 15 is 0 Å². The molecule has 1 aliphatic rings. The monoisotopic (exact) mass is 228 g/mol. The van der Waals surface area contributed by atoms with E-state index in [1.54, 1.807) is 0 Å². The molecular formula is C13H28N2O. The molecule has 1 atom stereocenters. The van der Waals surface area contributed by atoms with Crippen LogP contribution in [-0.2, 0) is 0 Å². The molecule has 1 rings (SSSR count). The van der Waals surface area contributed by atoms with Crippen molar-refractivity contribution >= 4 is 0 Å². The summed E-state index contributed by atoms with van der Waals surface area (Å²) in [6.45, 7) is 8.54. The highest BCUT2D eigenvalue weighted by Gasteiger charge is 2.15. The molecule has 3 heteroatoms. The number of aliphatic hydroxyl groups is 1. The van der Waals surface area contributed by atoms with Crippen molar-refractivity contribution in [1.82, 2.24) is 9.80 Å². The Morgan fingerprint density at radius 1 is 1.12 bits per heavy atom. The van der Waals surface area contributed by atoms with E-state index in [4.69, 9.17) is 0 Å². The SMILES string of the molecule is CCCC[C@H](CO)CCN1CCN(C)CC1. The third kappa shape index (κ3) is 5.28. The first-order valence-electron chi connectivity index (χ1n) is 6.78. The van der Waals surface area contributed by atoms with Crippen LogP contribution in [0.2, 0.25) is 0 Å². The van der Waals surface area contributed by atoms with Gasteiger partial charge in [0.15, 0.2) is 0 Å². The van der Waals surface area contributed by atoms with Crippen LogP contribution >= 0.6 is 0 Å². The maximum absolute atomic E-state index is 9.30. The van der Waals surface area contributed by atoms with Gasteiger partial charge in [-0.05, 0) is 32.4 Å². The van der Waals surface area contributed by atoms with Gasteiger partial charge < -0.3 is 14.9 Å². The summed E-state index contributed by atoms with van der Waals surface area (Å²) in [5.41, 5.74) is 0. The van der Waals surface area contributed by atoms with Gasteiger partial charge in [0.05, 0.1) is 0 Å². The maximum atomic E-state index is 9.30. The molecule has 3 nitrogen and oxygen atoms in total. The third-order valence-corrected chi connectivity index (χ3v) is 3.67. The zero-order valence-corrected chi connectivity index (χ0v) is 11.0. The summed E-state index contributed by atoms with van der Waals surface area (Å²) < 4.78 is 0. The van der Waals surface area contributed by atoms with Gasteiger partial charge in [-0.2, -0.15) is 0 Å². The summed E-state index contributed by atoms with van der Waals surface area (Å²) in [5.74, 6) is 0.527. The summed E-state index contributed by atoms with van der Waals surface area (Å²) in [7, 11) is 2.19. The van der Waals surface area contributed by atoms with Gasteiger partial charge in [-0.1, -0.05) is 19.8 Å². The second-order valence-electron chi connectivity index (χ2n) is 5.12. The number of hydrogen-bond acceptors (Lipinski definition) is 3. The average molecular weight is 228 g/mol. The number of unbranched alkanes of at least 4 members (excludes halogenated alkanes) is 1. The molecule has 16 heavy (non-hydrogen) atoms. The van der Waals surface area contributed by atoms with Crippen LogP contribution in [0.5, 0.6) is 0 Å². The highest BCUT2D eigenvalue weighted by molar-refractivity contribution is 4.70. The van der Waals surface area contributed by atoms with E-state index in [-0.39, 0.29) is 0 Å². The number of likely N-dealkylation sites (N-methyl/N-ethyl adjacent to an activating group) is 1. The molecule has 1 fully saturated rings. The number of aliphatic hydroxyl groups excluding tert-OH is 1. The van der Waals surface area contributed by atoms with Gasteiger partial charge in [0, 0.05) is 32.8 Å². The molecule has 1 N–H and O–H groups in total. The Hall–Kier alpha value is -0.120. The van der Waals surface area contributed by atoms with Crippen LogP contribution in [0, 0.1) is 5.92 Å². The summed E-state index contributed by atoms with van der Waals surface area (Å²) in [6, 6.07) is 0. The van der Waals surface area contributed by atoms with E-state index in [1.807, 2.05) is 0 Å². The second kappa shape index (κ2) is 8.04. The van der Waals surface area contributed by atoms with Gasteiger partial charge in [-0.3, -0.25) is 0 Å². The molecule has 0 amide bonds. The Morgan fingerprint density at radius 3 is 2.38 bits per heavy atom. The van der Waals surface area contributed by atoms with Crippen molar-refractivity contribution in [2.45, 2.75) is 32.6 Å². The fourth-order valence-corrected chi connectivity index (χ4v) is 2.26. The van der Waals surface area contributed by atoms with Crippen LogP contribution in [0.4, 0.5) is 0 Å². The first-order chi connectivity index (χ1) is 7.76. The molecule has 96 valence electrons. The lowest BCUT2D eigenvalue weighted by Gasteiger charge is -2.33. The molecule has 0 radical (unpaired) electrons. The van der Waals surface area contributed by atoms with Crippen molar-refractivity contribution in [2.24, 2.45) is 5.92 Å². The quantitative estimate of drug-likeness (QED) is 0.714. The van der Waals surface area contributed by atoms with Crippen LogP contribution in [0.3, 0.4) is 0 Å². The third-order valence-electron chi connectivity index (χ3n) is 3.67. The number of piperazine rings is 1. The Labute approximate surface area is 100 Å². The van der Waals surface area contributed by atoms with Crippen molar-refractivity contribution in [3.05, 3.63) is 0 Å². The smallest absolute Gasteiger partial charge is 0.0459 e. The van der Waals surface area contributed by atoms with Crippen molar-refractivity contribution in [3.63, 3.8) is 0 Å². The Balaban J connectivity index is 2.11. The number of hydrogen-bond donors (Lipinski definition) is 1. The molecule has 0 spiro atoms. The first kappa shape index (κ1) is 13.9. The minimum Gasteiger partial charge on any atom is -0.396 e. The van der Waals surface area contributed by atoms with Gasteiger partial charge >= 0.3 is 0 Å². The summed E-state index contributed by atoms with van der Waals surface area (Å²) in [6.07, 6.45) is 4.86. The minimum atomic E-state index is 0.369. The average Bonchev–Trinajstić information content (AvgIpc) is 2.32. The molecule has 0 aromatic heterocycles. The van der Waals surface area contributed by atoms with Gasteiger partial charge in [-0.15, -0.1) is 0 Å². The van der Waals surface area contributed by atoms with E-state index in [2.05, 4.69) is 23.8 Å². The fraction of sp³-hybridized carbons (Fsp3) is 1.00. The van der Waals surface area contributed by atoms with E-state index in [0.29, 0.717) is 12.5 Å². The van der Waals surface area contributed by atoms with Crippen molar-refractivity contribution in [3.8, 4) is 0 Å². The lowest BCUT2D eigenvalue weighted by molar-refractivity contribution is 0.133. The summed E-state index contributed by atoms with van der Waals surface area (Å²) in [4.78, 5) is 4.92. The number of nitrogens with zero attached hydrogens (tertiary/aromatic N) is 2. The Morgan fingerprint density at radius 2 is 1.81 bits per heavy atom. The van der Waals surface area contributed by atoms with E-state index in [1.165, 1.54) is 58.4 Å². The zero-order chi connectivity index (χ0) is 11.8. The van der Waals surface area contributed by atoms with E-state index < -0.39 is 0 Å². The minimum absolute atomic E-state index is 0.369. The molecule has 0 unspecified atom stereocenters. The van der Waals surface area contributed by atoms with Gasteiger partial charge in [0.1, 0.15) is 0 Å². The lowest BCUT2D eigenvalue weighted by Crippen LogP contribution is -2.45.